The van der Waals surface area contributed by atoms with Crippen LogP contribution in [0.15, 0.2) is 24.3 Å². The van der Waals surface area contributed by atoms with Gasteiger partial charge in [-0.05, 0) is 51.3 Å². The fraction of sp³-hybridized carbons (Fsp3) is 0.632. The molecule has 0 radical (unpaired) electrons. The van der Waals surface area contributed by atoms with E-state index in [0.29, 0.717) is 19.5 Å². The number of likely N-dealkylation sites (tertiary alicyclic amines) is 1. The number of anilines is 1. The summed E-state index contributed by atoms with van der Waals surface area (Å²) in [6.45, 7) is 5.07. The summed E-state index contributed by atoms with van der Waals surface area (Å²) in [5.74, 6) is -0.763. The van der Waals surface area contributed by atoms with Gasteiger partial charge in [0.2, 0.25) is 5.91 Å². The summed E-state index contributed by atoms with van der Waals surface area (Å²) in [6, 6.07) is 6.32. The van der Waals surface area contributed by atoms with E-state index in [-0.39, 0.29) is 11.4 Å². The molecule has 144 valence electrons. The number of halogens is 4. The minimum atomic E-state index is -4.33. The van der Waals surface area contributed by atoms with Crippen molar-refractivity contribution in [3.05, 3.63) is 30.1 Å². The number of rotatable bonds is 3. The van der Waals surface area contributed by atoms with Gasteiger partial charge < -0.3 is 9.80 Å². The minimum Gasteiger partial charge on any atom is -0.364 e. The lowest BCUT2D eigenvalue weighted by Crippen LogP contribution is -2.49. The third-order valence-electron chi connectivity index (χ3n) is 5.58. The second-order valence-corrected chi connectivity index (χ2v) is 8.04. The van der Waals surface area contributed by atoms with E-state index in [1.165, 1.54) is 12.1 Å². The second-order valence-electron chi connectivity index (χ2n) is 8.04. The van der Waals surface area contributed by atoms with Crippen molar-refractivity contribution < 1.29 is 22.4 Å². The van der Waals surface area contributed by atoms with E-state index in [0.717, 1.165) is 18.5 Å². The van der Waals surface area contributed by atoms with Gasteiger partial charge in [0.15, 0.2) is 0 Å². The second kappa shape index (κ2) is 6.43. The molecule has 0 N–H and O–H groups in total. The highest BCUT2D eigenvalue weighted by atomic mass is 19.4. The van der Waals surface area contributed by atoms with Crippen LogP contribution < -0.4 is 4.90 Å². The fourth-order valence-corrected chi connectivity index (χ4v) is 4.61. The van der Waals surface area contributed by atoms with Gasteiger partial charge in [-0.1, -0.05) is 6.07 Å². The maximum atomic E-state index is 13.7. The Kier molecular flexibility index (Phi) is 4.69. The molecule has 2 saturated heterocycles. The first kappa shape index (κ1) is 19.0. The van der Waals surface area contributed by atoms with Crippen LogP contribution in [0.4, 0.5) is 23.2 Å². The third-order valence-corrected chi connectivity index (χ3v) is 5.58. The zero-order valence-corrected chi connectivity index (χ0v) is 15.1. The lowest BCUT2D eigenvalue weighted by molar-refractivity contribution is -0.151. The summed E-state index contributed by atoms with van der Waals surface area (Å²) in [6.07, 6.45) is -3.72. The number of carbonyl (C=O) groups excluding carboxylic acids is 1. The molecule has 26 heavy (non-hydrogen) atoms. The molecular formula is C19H24F4N2O. The molecule has 1 amide bonds. The molecule has 0 bridgehead atoms. The van der Waals surface area contributed by atoms with Gasteiger partial charge in [-0.15, -0.1) is 0 Å². The molecule has 7 heteroatoms. The third kappa shape index (κ3) is 3.67. The number of amides is 1. The van der Waals surface area contributed by atoms with E-state index in [9.17, 15) is 22.4 Å². The number of nitrogens with zero attached hydrogens (tertiary/aromatic N) is 2. The summed E-state index contributed by atoms with van der Waals surface area (Å²) < 4.78 is 51.2. The van der Waals surface area contributed by atoms with Crippen LogP contribution in [-0.4, -0.2) is 41.2 Å². The first-order valence-corrected chi connectivity index (χ1v) is 8.93. The molecule has 0 saturated carbocycles. The van der Waals surface area contributed by atoms with Crippen molar-refractivity contribution >= 4 is 11.6 Å². The predicted octanol–water partition coefficient (Wildman–Crippen LogP) is 4.52. The molecule has 1 spiro atoms. The van der Waals surface area contributed by atoms with Crippen LogP contribution in [0, 0.1) is 5.82 Å². The lowest BCUT2D eigenvalue weighted by atomic mass is 9.87. The molecule has 3 nitrogen and oxygen atoms in total. The number of benzene rings is 1. The Morgan fingerprint density at radius 3 is 2.65 bits per heavy atom. The van der Waals surface area contributed by atoms with Crippen molar-refractivity contribution in [2.45, 2.75) is 63.2 Å². The minimum absolute atomic E-state index is 0.319. The average Bonchev–Trinajstić information content (AvgIpc) is 3.04. The topological polar surface area (TPSA) is 23.6 Å². The summed E-state index contributed by atoms with van der Waals surface area (Å²) in [5, 5.41) is 0. The van der Waals surface area contributed by atoms with E-state index < -0.39 is 30.5 Å². The van der Waals surface area contributed by atoms with Crippen molar-refractivity contribution in [2.75, 3.05) is 18.0 Å². The van der Waals surface area contributed by atoms with E-state index in [1.54, 1.807) is 11.0 Å². The first-order valence-electron chi connectivity index (χ1n) is 8.93. The quantitative estimate of drug-likeness (QED) is 0.729. The SMILES string of the molecule is CC1(C)CC2(CCCN2C(=O)CCC(F)(F)F)CN1c1cccc(F)c1. The zero-order valence-electron chi connectivity index (χ0n) is 15.1. The number of carbonyl (C=O) groups is 1. The van der Waals surface area contributed by atoms with Gasteiger partial charge in [0.1, 0.15) is 5.82 Å². The lowest BCUT2D eigenvalue weighted by Gasteiger charge is -2.35. The van der Waals surface area contributed by atoms with Crippen molar-refractivity contribution in [1.82, 2.24) is 4.90 Å². The molecule has 1 atom stereocenters. The molecule has 2 aliphatic heterocycles. The Morgan fingerprint density at radius 2 is 2.00 bits per heavy atom. The normalized spacial score (nSPS) is 25.3. The molecule has 0 aromatic heterocycles. The van der Waals surface area contributed by atoms with Crippen LogP contribution in [-0.2, 0) is 4.79 Å². The number of hydrogen-bond donors (Lipinski definition) is 0. The van der Waals surface area contributed by atoms with Gasteiger partial charge in [-0.3, -0.25) is 4.79 Å². The molecule has 1 aromatic rings. The van der Waals surface area contributed by atoms with E-state index in [1.807, 2.05) is 19.9 Å². The highest BCUT2D eigenvalue weighted by molar-refractivity contribution is 5.78. The van der Waals surface area contributed by atoms with E-state index in [2.05, 4.69) is 4.90 Å². The Hall–Kier alpha value is -1.79. The molecule has 2 fully saturated rings. The number of alkyl halides is 3. The largest absolute Gasteiger partial charge is 0.389 e. The van der Waals surface area contributed by atoms with Gasteiger partial charge in [0.25, 0.3) is 0 Å². The van der Waals surface area contributed by atoms with Gasteiger partial charge in [-0.25, -0.2) is 4.39 Å². The Labute approximate surface area is 151 Å². The standard InChI is InChI=1S/C19H24F4N2O/c1-17(2)12-18(13-25(17)15-6-3-5-14(20)11-15)8-4-10-24(18)16(26)7-9-19(21,22)23/h3,5-6,11H,4,7-10,12-13H2,1-2H3. The zero-order chi connectivity index (χ0) is 19.2. The van der Waals surface area contributed by atoms with Crippen molar-refractivity contribution in [1.29, 1.82) is 0 Å². The predicted molar refractivity (Wildman–Crippen MR) is 91.4 cm³/mol. The maximum Gasteiger partial charge on any atom is 0.389 e. The molecule has 2 aliphatic rings. The summed E-state index contributed by atoms with van der Waals surface area (Å²) in [5.41, 5.74) is -0.0550. The first-order chi connectivity index (χ1) is 12.0. The van der Waals surface area contributed by atoms with Crippen molar-refractivity contribution in [3.8, 4) is 0 Å². The smallest absolute Gasteiger partial charge is 0.364 e. The summed E-state index contributed by atoms with van der Waals surface area (Å²) in [7, 11) is 0. The van der Waals surface area contributed by atoms with Crippen LogP contribution in [0.5, 0.6) is 0 Å². The van der Waals surface area contributed by atoms with E-state index in [4.69, 9.17) is 0 Å². The van der Waals surface area contributed by atoms with Crippen LogP contribution in [0.1, 0.15) is 46.0 Å². The number of hydrogen-bond acceptors (Lipinski definition) is 2. The molecular weight excluding hydrogens is 348 g/mol. The molecule has 1 unspecified atom stereocenters. The summed E-state index contributed by atoms with van der Waals surface area (Å²) >= 11 is 0. The highest BCUT2D eigenvalue weighted by Gasteiger charge is 2.54. The monoisotopic (exact) mass is 372 g/mol. The van der Waals surface area contributed by atoms with Gasteiger partial charge in [-0.2, -0.15) is 13.2 Å². The van der Waals surface area contributed by atoms with Crippen LogP contribution in [0.2, 0.25) is 0 Å². The molecule has 0 aliphatic carbocycles. The van der Waals surface area contributed by atoms with Crippen LogP contribution in [0.25, 0.3) is 0 Å². The average molecular weight is 372 g/mol. The Morgan fingerprint density at radius 1 is 1.27 bits per heavy atom. The van der Waals surface area contributed by atoms with E-state index >= 15 is 0 Å². The van der Waals surface area contributed by atoms with Crippen molar-refractivity contribution in [3.63, 3.8) is 0 Å². The Balaban J connectivity index is 1.82. The fourth-order valence-electron chi connectivity index (χ4n) is 4.61. The maximum absolute atomic E-state index is 13.7. The molecule has 2 heterocycles. The molecule has 1 aromatic carbocycles. The van der Waals surface area contributed by atoms with Gasteiger partial charge in [0, 0.05) is 30.7 Å². The van der Waals surface area contributed by atoms with Crippen molar-refractivity contribution in [2.24, 2.45) is 0 Å². The summed E-state index contributed by atoms with van der Waals surface area (Å²) in [4.78, 5) is 16.2. The van der Waals surface area contributed by atoms with Crippen LogP contribution in [0.3, 0.4) is 0 Å². The van der Waals surface area contributed by atoms with Gasteiger partial charge >= 0.3 is 6.18 Å². The van der Waals surface area contributed by atoms with Gasteiger partial charge in [0.05, 0.1) is 12.0 Å². The highest BCUT2D eigenvalue weighted by Crippen LogP contribution is 2.47. The molecule has 3 rings (SSSR count). The van der Waals surface area contributed by atoms with Crippen LogP contribution >= 0.6 is 0 Å². The Bertz CT molecular complexity index is 688.